The summed E-state index contributed by atoms with van der Waals surface area (Å²) in [6.07, 6.45) is 5.66. The van der Waals surface area contributed by atoms with Gasteiger partial charge in [0.1, 0.15) is 0 Å². The smallest absolute Gasteiger partial charge is 0.211 e. The molecule has 1 heterocycles. The molecule has 0 radical (unpaired) electrons. The van der Waals surface area contributed by atoms with Crippen molar-refractivity contribution in [1.29, 1.82) is 0 Å². The minimum Gasteiger partial charge on any atom is -0.481 e. The lowest BCUT2D eigenvalue weighted by Gasteiger charge is -2.20. The number of rotatable bonds is 1. The lowest BCUT2D eigenvalue weighted by Crippen LogP contribution is -2.12. The molecule has 0 aromatic heterocycles. The molecule has 0 fully saturated rings. The van der Waals surface area contributed by atoms with Crippen LogP contribution in [0.3, 0.4) is 0 Å². The summed E-state index contributed by atoms with van der Waals surface area (Å²) in [5, 5.41) is 0. The summed E-state index contributed by atoms with van der Waals surface area (Å²) in [7, 11) is 3.25. The summed E-state index contributed by atoms with van der Waals surface area (Å²) in [5.74, 6) is 0.595. The number of hydrogen-bond acceptors (Lipinski definition) is 3. The van der Waals surface area contributed by atoms with Crippen LogP contribution in [0.15, 0.2) is 28.8 Å². The van der Waals surface area contributed by atoms with E-state index >= 15 is 0 Å². The molecule has 0 aromatic rings. The van der Waals surface area contributed by atoms with E-state index in [9.17, 15) is 0 Å². The lowest BCUT2D eigenvalue weighted by molar-refractivity contribution is 0.145. The Hall–Kier alpha value is -1.09. The van der Waals surface area contributed by atoms with Crippen molar-refractivity contribution in [3.05, 3.63) is 23.8 Å². The third kappa shape index (κ3) is 3.20. The minimum atomic E-state index is -0.260. The monoisotopic (exact) mass is 209 g/mol. The first-order valence-corrected chi connectivity index (χ1v) is 5.02. The first kappa shape index (κ1) is 12.0. The van der Waals surface area contributed by atoms with Crippen LogP contribution in [0.4, 0.5) is 0 Å². The summed E-state index contributed by atoms with van der Waals surface area (Å²) in [5.41, 5.74) is 1.29. The second-order valence-corrected chi connectivity index (χ2v) is 4.50. The van der Waals surface area contributed by atoms with Crippen LogP contribution in [0.5, 0.6) is 0 Å². The van der Waals surface area contributed by atoms with Crippen LogP contribution in [0, 0.1) is 5.41 Å². The fraction of sp³-hybridized carbons (Fsp3) is 0.583. The predicted molar refractivity (Wildman–Crippen MR) is 61.9 cm³/mol. The zero-order chi connectivity index (χ0) is 11.5. The third-order valence-electron chi connectivity index (χ3n) is 2.30. The number of ether oxygens (including phenoxy) is 2. The Morgan fingerprint density at radius 2 is 1.87 bits per heavy atom. The molecule has 1 unspecified atom stereocenters. The highest BCUT2D eigenvalue weighted by molar-refractivity contribution is 5.88. The van der Waals surface area contributed by atoms with Crippen LogP contribution in [0.25, 0.3) is 0 Å². The summed E-state index contributed by atoms with van der Waals surface area (Å²) in [6, 6.07) is 0. The van der Waals surface area contributed by atoms with Gasteiger partial charge in [-0.25, -0.2) is 4.99 Å². The molecule has 3 heteroatoms. The Kier molecular flexibility index (Phi) is 3.69. The van der Waals surface area contributed by atoms with Crippen molar-refractivity contribution in [3.8, 4) is 0 Å². The van der Waals surface area contributed by atoms with Crippen molar-refractivity contribution in [1.82, 2.24) is 0 Å². The lowest BCUT2D eigenvalue weighted by atomic mass is 9.86. The second kappa shape index (κ2) is 4.62. The van der Waals surface area contributed by atoms with Crippen molar-refractivity contribution in [2.24, 2.45) is 10.4 Å². The van der Waals surface area contributed by atoms with E-state index in [0.717, 1.165) is 0 Å². The van der Waals surface area contributed by atoms with E-state index in [4.69, 9.17) is 9.47 Å². The van der Waals surface area contributed by atoms with Gasteiger partial charge in [0, 0.05) is 13.2 Å². The Bertz CT molecular complexity index is 308. The maximum Gasteiger partial charge on any atom is 0.211 e. The topological polar surface area (TPSA) is 30.8 Å². The molecule has 15 heavy (non-hydrogen) atoms. The standard InChI is InChI=1S/C12H19NO2/c1-12(2,3)9-6-7-10(14-4)13-11(8-9)15-5/h6-8,11H,1-5H3. The van der Waals surface area contributed by atoms with E-state index in [1.54, 1.807) is 14.2 Å². The molecular weight excluding hydrogens is 190 g/mol. The van der Waals surface area contributed by atoms with Gasteiger partial charge in [0.2, 0.25) is 5.90 Å². The van der Waals surface area contributed by atoms with E-state index in [1.165, 1.54) is 5.57 Å². The normalized spacial score (nSPS) is 21.8. The van der Waals surface area contributed by atoms with Gasteiger partial charge in [-0.2, -0.15) is 0 Å². The Labute approximate surface area is 91.5 Å². The molecule has 1 aliphatic heterocycles. The molecule has 0 saturated heterocycles. The number of allylic oxidation sites excluding steroid dienone is 2. The molecule has 1 aliphatic rings. The van der Waals surface area contributed by atoms with Gasteiger partial charge in [-0.1, -0.05) is 26.8 Å². The highest BCUT2D eigenvalue weighted by atomic mass is 16.5. The fourth-order valence-corrected chi connectivity index (χ4v) is 1.32. The molecular formula is C12H19NO2. The van der Waals surface area contributed by atoms with Crippen LogP contribution in [0.2, 0.25) is 0 Å². The zero-order valence-corrected chi connectivity index (χ0v) is 10.1. The van der Waals surface area contributed by atoms with Crippen molar-refractivity contribution in [3.63, 3.8) is 0 Å². The van der Waals surface area contributed by atoms with Gasteiger partial charge in [0.15, 0.2) is 6.23 Å². The van der Waals surface area contributed by atoms with Gasteiger partial charge < -0.3 is 9.47 Å². The Morgan fingerprint density at radius 1 is 1.20 bits per heavy atom. The summed E-state index contributed by atoms with van der Waals surface area (Å²) < 4.78 is 10.4. The zero-order valence-electron chi connectivity index (χ0n) is 10.1. The summed E-state index contributed by atoms with van der Waals surface area (Å²) >= 11 is 0. The van der Waals surface area contributed by atoms with Gasteiger partial charge in [0.05, 0.1) is 7.11 Å². The highest BCUT2D eigenvalue weighted by Crippen LogP contribution is 2.28. The average molecular weight is 209 g/mol. The third-order valence-corrected chi connectivity index (χ3v) is 2.30. The van der Waals surface area contributed by atoms with Crippen LogP contribution < -0.4 is 0 Å². The molecule has 0 bridgehead atoms. The van der Waals surface area contributed by atoms with E-state index in [-0.39, 0.29) is 11.6 Å². The van der Waals surface area contributed by atoms with E-state index in [0.29, 0.717) is 5.90 Å². The van der Waals surface area contributed by atoms with Crippen LogP contribution in [0.1, 0.15) is 20.8 Å². The molecule has 0 saturated carbocycles. The van der Waals surface area contributed by atoms with Crippen molar-refractivity contribution in [2.45, 2.75) is 27.0 Å². The van der Waals surface area contributed by atoms with E-state index < -0.39 is 0 Å². The second-order valence-electron chi connectivity index (χ2n) is 4.50. The van der Waals surface area contributed by atoms with Gasteiger partial charge in [-0.3, -0.25) is 0 Å². The molecule has 0 aromatic carbocycles. The number of hydrogen-bond donors (Lipinski definition) is 0. The Balaban J connectivity index is 3.00. The summed E-state index contributed by atoms with van der Waals surface area (Å²) in [6.45, 7) is 6.48. The molecule has 84 valence electrons. The number of methoxy groups -OCH3 is 2. The predicted octanol–water partition coefficient (Wildman–Crippen LogP) is 2.55. The molecule has 0 N–H and O–H groups in total. The van der Waals surface area contributed by atoms with Gasteiger partial charge in [-0.15, -0.1) is 0 Å². The molecule has 1 rings (SSSR count). The van der Waals surface area contributed by atoms with E-state index in [1.807, 2.05) is 18.2 Å². The molecule has 1 atom stereocenters. The molecule has 0 spiro atoms. The minimum absolute atomic E-state index is 0.0893. The average Bonchev–Trinajstić information content (AvgIpc) is 2.38. The molecule has 0 aliphatic carbocycles. The maximum absolute atomic E-state index is 5.24. The Morgan fingerprint density at radius 3 is 2.33 bits per heavy atom. The van der Waals surface area contributed by atoms with Gasteiger partial charge in [0.25, 0.3) is 0 Å². The van der Waals surface area contributed by atoms with Crippen LogP contribution in [-0.4, -0.2) is 26.3 Å². The van der Waals surface area contributed by atoms with Gasteiger partial charge >= 0.3 is 0 Å². The van der Waals surface area contributed by atoms with Gasteiger partial charge in [-0.05, 0) is 17.1 Å². The van der Waals surface area contributed by atoms with E-state index in [2.05, 4.69) is 25.8 Å². The maximum atomic E-state index is 5.24. The summed E-state index contributed by atoms with van der Waals surface area (Å²) in [4.78, 5) is 4.29. The first-order chi connectivity index (χ1) is 6.97. The van der Waals surface area contributed by atoms with Crippen molar-refractivity contribution < 1.29 is 9.47 Å². The number of nitrogens with zero attached hydrogens (tertiary/aromatic N) is 1. The van der Waals surface area contributed by atoms with Crippen LogP contribution in [-0.2, 0) is 9.47 Å². The highest BCUT2D eigenvalue weighted by Gasteiger charge is 2.18. The first-order valence-electron chi connectivity index (χ1n) is 5.02. The van der Waals surface area contributed by atoms with Crippen LogP contribution >= 0.6 is 0 Å². The van der Waals surface area contributed by atoms with Crippen molar-refractivity contribution in [2.75, 3.05) is 14.2 Å². The molecule has 3 nitrogen and oxygen atoms in total. The van der Waals surface area contributed by atoms with Crippen molar-refractivity contribution >= 4 is 5.90 Å². The SMILES string of the molecule is COC1=NC(OC)C=C(C(C)(C)C)C=C1. The fourth-order valence-electron chi connectivity index (χ4n) is 1.32. The largest absolute Gasteiger partial charge is 0.481 e. The quantitative estimate of drug-likeness (QED) is 0.664. The molecule has 0 amide bonds. The number of aliphatic imine (C=N–C) groups is 1.